The van der Waals surface area contributed by atoms with Crippen molar-refractivity contribution >= 4 is 11.6 Å². The monoisotopic (exact) mass is 507 g/mol. The van der Waals surface area contributed by atoms with Crippen LogP contribution in [0.5, 0.6) is 28.7 Å². The van der Waals surface area contributed by atoms with Crippen LogP contribution in [0.15, 0.2) is 42.5 Å². The van der Waals surface area contributed by atoms with Gasteiger partial charge in [-0.15, -0.1) is 0 Å². The summed E-state index contributed by atoms with van der Waals surface area (Å²) in [6, 6.07) is 11.5. The number of aryl methyl sites for hydroxylation is 1. The summed E-state index contributed by atoms with van der Waals surface area (Å²) < 4.78 is 43.7. The van der Waals surface area contributed by atoms with Crippen molar-refractivity contribution in [3.63, 3.8) is 0 Å². The van der Waals surface area contributed by atoms with Crippen LogP contribution in [0.2, 0.25) is 0 Å². The van der Waals surface area contributed by atoms with Crippen LogP contribution in [0.3, 0.4) is 0 Å². The van der Waals surface area contributed by atoms with Crippen molar-refractivity contribution in [1.82, 2.24) is 0 Å². The number of rotatable bonds is 7. The van der Waals surface area contributed by atoms with Gasteiger partial charge in [0.1, 0.15) is 23.6 Å². The molecule has 0 aromatic heterocycles. The van der Waals surface area contributed by atoms with Crippen molar-refractivity contribution in [3.8, 4) is 28.7 Å². The number of nitrogens with one attached hydrogen (secondary N) is 1. The molecule has 1 unspecified atom stereocenters. The number of fused-ring (bicyclic) bond motifs is 3. The summed E-state index contributed by atoms with van der Waals surface area (Å²) in [7, 11) is 0. The van der Waals surface area contributed by atoms with E-state index in [4.69, 9.17) is 23.7 Å². The highest BCUT2D eigenvalue weighted by atomic mass is 19.1. The Bertz CT molecular complexity index is 1410. The molecule has 0 saturated carbocycles. The number of anilines is 1. The van der Waals surface area contributed by atoms with E-state index < -0.39 is 23.2 Å². The summed E-state index contributed by atoms with van der Waals surface area (Å²) in [6.45, 7) is 3.93. The fourth-order valence-corrected chi connectivity index (χ4v) is 5.36. The van der Waals surface area contributed by atoms with Gasteiger partial charge in [0.2, 0.25) is 19.5 Å². The van der Waals surface area contributed by atoms with Crippen LogP contribution < -0.4 is 29.0 Å². The van der Waals surface area contributed by atoms with Gasteiger partial charge in [0.15, 0.2) is 23.0 Å². The normalized spacial score (nSPS) is 19.5. The Morgan fingerprint density at radius 3 is 2.35 bits per heavy atom. The number of amides is 1. The molecule has 37 heavy (non-hydrogen) atoms. The molecule has 3 aromatic rings. The zero-order chi connectivity index (χ0) is 25.7. The average Bonchev–Trinajstić information content (AvgIpc) is 3.59. The molecule has 2 atom stereocenters. The van der Waals surface area contributed by atoms with Gasteiger partial charge >= 0.3 is 0 Å². The molecule has 3 aliphatic heterocycles. The summed E-state index contributed by atoms with van der Waals surface area (Å²) in [4.78, 5) is 14.1. The molecule has 3 aromatic carbocycles. The fraction of sp³-hybridized carbons (Fsp3) is 0.321. The molecule has 192 valence electrons. The lowest BCUT2D eigenvalue weighted by molar-refractivity contribution is -0.118. The number of carbonyl (C=O) groups is 1. The number of hydrogen-bond acceptors (Lipinski definition) is 7. The highest BCUT2D eigenvalue weighted by molar-refractivity contribution is 6.12. The third-order valence-electron chi connectivity index (χ3n) is 7.05. The van der Waals surface area contributed by atoms with E-state index in [0.29, 0.717) is 51.9 Å². The maximum atomic E-state index is 15.0. The molecule has 9 heteroatoms. The number of aliphatic hydroxyl groups is 1. The molecule has 1 amide bonds. The fourth-order valence-electron chi connectivity index (χ4n) is 5.36. The molecule has 3 aliphatic rings. The molecule has 2 N–H and O–H groups in total. The maximum Gasteiger partial charge on any atom is 0.244 e. The smallest absolute Gasteiger partial charge is 0.244 e. The van der Waals surface area contributed by atoms with E-state index in [9.17, 15) is 9.90 Å². The lowest BCUT2D eigenvalue weighted by Crippen LogP contribution is -2.38. The van der Waals surface area contributed by atoms with Crippen LogP contribution in [0.4, 0.5) is 10.1 Å². The highest BCUT2D eigenvalue weighted by Crippen LogP contribution is 2.55. The number of benzene rings is 3. The quantitative estimate of drug-likeness (QED) is 0.489. The number of hydrogen-bond donors (Lipinski definition) is 2. The van der Waals surface area contributed by atoms with E-state index in [0.717, 1.165) is 12.0 Å². The molecule has 8 nitrogen and oxygen atoms in total. The molecule has 0 saturated heterocycles. The van der Waals surface area contributed by atoms with Crippen LogP contribution in [0, 0.1) is 12.7 Å². The van der Waals surface area contributed by atoms with Gasteiger partial charge in [0, 0.05) is 17.2 Å². The second-order valence-corrected chi connectivity index (χ2v) is 9.34. The Morgan fingerprint density at radius 2 is 1.65 bits per heavy atom. The largest absolute Gasteiger partial charge is 0.490 e. The predicted octanol–water partition coefficient (Wildman–Crippen LogP) is 4.42. The van der Waals surface area contributed by atoms with Crippen LogP contribution in [0.1, 0.15) is 42.0 Å². The Morgan fingerprint density at radius 1 is 1.00 bits per heavy atom. The SMILES string of the molecule is CCC[C@@H](O)COc1cc2c(cc1C1(c3cc4c(cc3C)OCO4)C(=O)Nc3c(F)cccc31)OCO2. The summed E-state index contributed by atoms with van der Waals surface area (Å²) in [5.41, 5.74) is 0.762. The molecule has 0 bridgehead atoms. The van der Waals surface area contributed by atoms with E-state index >= 15 is 4.39 Å². The molecule has 0 fully saturated rings. The van der Waals surface area contributed by atoms with Crippen molar-refractivity contribution in [3.05, 3.63) is 70.5 Å². The van der Waals surface area contributed by atoms with Gasteiger partial charge in [-0.2, -0.15) is 0 Å². The molecule has 3 heterocycles. The van der Waals surface area contributed by atoms with Gasteiger partial charge in [0.05, 0.1) is 11.8 Å². The molecule has 0 spiro atoms. The first kappa shape index (κ1) is 23.4. The predicted molar refractivity (Wildman–Crippen MR) is 131 cm³/mol. The van der Waals surface area contributed by atoms with Crippen molar-refractivity contribution in [2.75, 3.05) is 25.5 Å². The topological polar surface area (TPSA) is 95.5 Å². The Labute approximate surface area is 212 Å². The standard InChI is InChI=1S/C28H26FNO7/c1-3-5-16(31)12-33-21-11-25-24(36-14-37-25)10-19(21)28(17-6-4-7-20(29)26(17)30-27(28)32)18-9-23-22(8-15(18)2)34-13-35-23/h4,6-11,16,31H,3,5,12-14H2,1-2H3,(H,30,32)/t16-,28?/m1/s1. The number of aliphatic hydroxyl groups excluding tert-OH is 1. The number of halogens is 1. The Hall–Kier alpha value is -3.98. The number of carbonyl (C=O) groups excluding carboxylic acids is 1. The van der Waals surface area contributed by atoms with Gasteiger partial charge < -0.3 is 34.1 Å². The first-order valence-corrected chi connectivity index (χ1v) is 12.2. The van der Waals surface area contributed by atoms with Crippen LogP contribution >= 0.6 is 0 Å². The van der Waals surface area contributed by atoms with E-state index in [2.05, 4.69) is 5.32 Å². The maximum absolute atomic E-state index is 15.0. The third-order valence-corrected chi connectivity index (χ3v) is 7.05. The Kier molecular flexibility index (Phi) is 5.60. The minimum Gasteiger partial charge on any atom is -0.490 e. The van der Waals surface area contributed by atoms with Crippen LogP contribution in [-0.2, 0) is 10.2 Å². The summed E-state index contributed by atoms with van der Waals surface area (Å²) in [5.74, 6) is 1.27. The third kappa shape index (κ3) is 3.56. The van der Waals surface area contributed by atoms with Crippen LogP contribution in [0.25, 0.3) is 0 Å². The first-order valence-electron chi connectivity index (χ1n) is 12.2. The Balaban J connectivity index is 1.63. The minimum atomic E-state index is -1.52. The molecular formula is C28H26FNO7. The second-order valence-electron chi connectivity index (χ2n) is 9.34. The van der Waals surface area contributed by atoms with Crippen molar-refractivity contribution < 1.29 is 38.0 Å². The van der Waals surface area contributed by atoms with Gasteiger partial charge in [-0.25, -0.2) is 4.39 Å². The summed E-state index contributed by atoms with van der Waals surface area (Å²) in [5, 5.41) is 13.2. The van der Waals surface area contributed by atoms with Crippen molar-refractivity contribution in [1.29, 1.82) is 0 Å². The summed E-state index contributed by atoms with van der Waals surface area (Å²) >= 11 is 0. The minimum absolute atomic E-state index is 0.00825. The molecular weight excluding hydrogens is 481 g/mol. The van der Waals surface area contributed by atoms with E-state index in [1.54, 1.807) is 30.3 Å². The van der Waals surface area contributed by atoms with Gasteiger partial charge in [-0.1, -0.05) is 25.5 Å². The van der Waals surface area contributed by atoms with E-state index in [-0.39, 0.29) is 25.9 Å². The van der Waals surface area contributed by atoms with E-state index in [1.165, 1.54) is 6.07 Å². The zero-order valence-electron chi connectivity index (χ0n) is 20.4. The molecule has 0 aliphatic carbocycles. The number of para-hydroxylation sites is 1. The van der Waals surface area contributed by atoms with Crippen molar-refractivity contribution in [2.45, 2.75) is 38.2 Å². The number of ether oxygens (including phenoxy) is 5. The first-order chi connectivity index (χ1) is 17.9. The molecule has 6 rings (SSSR count). The molecule has 0 radical (unpaired) electrons. The zero-order valence-corrected chi connectivity index (χ0v) is 20.4. The lowest BCUT2D eigenvalue weighted by atomic mass is 9.68. The van der Waals surface area contributed by atoms with Crippen molar-refractivity contribution in [2.24, 2.45) is 0 Å². The van der Waals surface area contributed by atoms with Gasteiger partial charge in [0.25, 0.3) is 0 Å². The van der Waals surface area contributed by atoms with Crippen LogP contribution in [-0.4, -0.2) is 37.3 Å². The summed E-state index contributed by atoms with van der Waals surface area (Å²) in [6.07, 6.45) is 0.642. The lowest BCUT2D eigenvalue weighted by Gasteiger charge is -2.32. The van der Waals surface area contributed by atoms with Gasteiger partial charge in [-0.05, 0) is 48.7 Å². The average molecular weight is 508 g/mol. The van der Waals surface area contributed by atoms with Gasteiger partial charge in [-0.3, -0.25) is 4.79 Å². The second kappa shape index (κ2) is 8.85. The van der Waals surface area contributed by atoms with E-state index in [1.807, 2.05) is 19.9 Å². The highest BCUT2D eigenvalue weighted by Gasteiger charge is 2.54.